The fourth-order valence-corrected chi connectivity index (χ4v) is 3.18. The van der Waals surface area contributed by atoms with Crippen LogP contribution < -0.4 is 10.9 Å². The highest BCUT2D eigenvalue weighted by molar-refractivity contribution is 5.75. The summed E-state index contributed by atoms with van der Waals surface area (Å²) in [6, 6.07) is 10.8. The second kappa shape index (κ2) is 5.80. The Morgan fingerprint density at radius 3 is 2.74 bits per heavy atom. The third-order valence-corrected chi connectivity index (χ3v) is 4.35. The van der Waals surface area contributed by atoms with Crippen molar-refractivity contribution in [1.82, 2.24) is 35.4 Å². The Balaban J connectivity index is 1.82. The zero-order valence-electron chi connectivity index (χ0n) is 13.7. The first-order valence-corrected chi connectivity index (χ1v) is 8.06. The van der Waals surface area contributed by atoms with Crippen molar-refractivity contribution in [2.45, 2.75) is 6.04 Å². The van der Waals surface area contributed by atoms with E-state index in [-0.39, 0.29) is 11.5 Å². The molecule has 9 nitrogen and oxygen atoms in total. The highest BCUT2D eigenvalue weighted by Gasteiger charge is 2.34. The molecule has 0 aliphatic carbocycles. The maximum Gasteiger partial charge on any atom is 0.288 e. The van der Waals surface area contributed by atoms with Crippen LogP contribution in [-0.2, 0) is 0 Å². The van der Waals surface area contributed by atoms with Crippen LogP contribution in [-0.4, -0.2) is 35.4 Å². The summed E-state index contributed by atoms with van der Waals surface area (Å²) in [5, 5.41) is 21.3. The number of H-pyrrole nitrogens is 1. The molecule has 10 heteroatoms. The molecule has 1 aliphatic rings. The van der Waals surface area contributed by atoms with Gasteiger partial charge in [-0.05, 0) is 46.8 Å². The minimum absolute atomic E-state index is 0.280. The van der Waals surface area contributed by atoms with Crippen LogP contribution in [0.5, 0.6) is 0 Å². The molecular formula is C17H11FN8O. The van der Waals surface area contributed by atoms with E-state index < -0.39 is 11.6 Å². The van der Waals surface area contributed by atoms with Gasteiger partial charge >= 0.3 is 0 Å². The van der Waals surface area contributed by atoms with Gasteiger partial charge in [0, 0.05) is 17.3 Å². The van der Waals surface area contributed by atoms with Crippen molar-refractivity contribution < 1.29 is 4.39 Å². The van der Waals surface area contributed by atoms with Crippen LogP contribution in [0.2, 0.25) is 0 Å². The number of aromatic nitrogens is 7. The summed E-state index contributed by atoms with van der Waals surface area (Å²) < 4.78 is 14.9. The van der Waals surface area contributed by atoms with E-state index in [1.807, 2.05) is 12.1 Å². The number of pyridine rings is 1. The largest absolute Gasteiger partial charge is 0.318 e. The van der Waals surface area contributed by atoms with Crippen molar-refractivity contribution in [3.63, 3.8) is 0 Å². The van der Waals surface area contributed by atoms with E-state index in [0.717, 1.165) is 0 Å². The molecular weight excluding hydrogens is 351 g/mol. The molecule has 5 rings (SSSR count). The number of fused-ring (bicyclic) bond motifs is 2. The van der Waals surface area contributed by atoms with Crippen LogP contribution in [0.3, 0.4) is 0 Å². The maximum atomic E-state index is 13.4. The van der Waals surface area contributed by atoms with Crippen LogP contribution in [0.4, 0.5) is 16.0 Å². The van der Waals surface area contributed by atoms with Gasteiger partial charge in [-0.1, -0.05) is 11.2 Å². The Morgan fingerprint density at radius 1 is 1.11 bits per heavy atom. The maximum absolute atomic E-state index is 13.4. The molecule has 1 unspecified atom stereocenters. The summed E-state index contributed by atoms with van der Waals surface area (Å²) in [6.45, 7) is 0. The van der Waals surface area contributed by atoms with E-state index in [4.69, 9.17) is 0 Å². The van der Waals surface area contributed by atoms with Crippen molar-refractivity contribution in [2.24, 2.45) is 0 Å². The molecule has 0 radical (unpaired) electrons. The molecule has 1 aromatic carbocycles. The first-order valence-electron chi connectivity index (χ1n) is 8.06. The molecule has 0 fully saturated rings. The minimum Gasteiger partial charge on any atom is -0.318 e. The van der Waals surface area contributed by atoms with Gasteiger partial charge < -0.3 is 5.32 Å². The predicted octanol–water partition coefficient (Wildman–Crippen LogP) is 1.65. The number of benzene rings is 1. The lowest BCUT2D eigenvalue weighted by molar-refractivity contribution is 0.556. The molecule has 132 valence electrons. The van der Waals surface area contributed by atoms with Crippen molar-refractivity contribution in [3.05, 3.63) is 76.1 Å². The van der Waals surface area contributed by atoms with Gasteiger partial charge in [-0.25, -0.2) is 9.49 Å². The summed E-state index contributed by atoms with van der Waals surface area (Å²) in [5.74, 6) is -0.0425. The molecule has 3 aromatic heterocycles. The van der Waals surface area contributed by atoms with Crippen molar-refractivity contribution in [2.75, 3.05) is 5.32 Å². The Labute approximate surface area is 150 Å². The number of aromatic amines is 1. The fraction of sp³-hybridized carbons (Fsp3) is 0.0588. The normalized spacial score (nSPS) is 14.9. The second-order valence-corrected chi connectivity index (χ2v) is 5.93. The highest BCUT2D eigenvalue weighted by atomic mass is 19.1. The number of nitrogens with one attached hydrogen (secondary N) is 2. The zero-order chi connectivity index (χ0) is 18.4. The first-order chi connectivity index (χ1) is 13.2. The summed E-state index contributed by atoms with van der Waals surface area (Å²) >= 11 is 0. The van der Waals surface area contributed by atoms with Crippen LogP contribution in [0.15, 0.2) is 53.5 Å². The molecule has 0 saturated carbocycles. The van der Waals surface area contributed by atoms with E-state index in [1.165, 1.54) is 12.1 Å². The summed E-state index contributed by atoms with van der Waals surface area (Å²) in [7, 11) is 0. The highest BCUT2D eigenvalue weighted by Crippen LogP contribution is 2.40. The molecule has 1 atom stereocenters. The number of anilines is 2. The average Bonchev–Trinajstić information content (AvgIpc) is 3.17. The predicted molar refractivity (Wildman–Crippen MR) is 92.8 cm³/mol. The van der Waals surface area contributed by atoms with E-state index in [0.29, 0.717) is 28.5 Å². The Morgan fingerprint density at radius 2 is 1.96 bits per heavy atom. The van der Waals surface area contributed by atoms with Gasteiger partial charge in [-0.2, -0.15) is 9.78 Å². The Kier molecular flexibility index (Phi) is 3.29. The minimum atomic E-state index is -0.567. The van der Waals surface area contributed by atoms with Gasteiger partial charge in [0.25, 0.3) is 5.56 Å². The number of nitrogens with zero attached hydrogens (tertiary/aromatic N) is 6. The van der Waals surface area contributed by atoms with Crippen molar-refractivity contribution in [3.8, 4) is 11.3 Å². The molecule has 4 heterocycles. The molecule has 27 heavy (non-hydrogen) atoms. The SMILES string of the molecule is O=c1[nH]nc(-c2ccc(F)cc2)c2c1Nc1nnnn1C2c1ccccn1. The van der Waals surface area contributed by atoms with Crippen LogP contribution in [0, 0.1) is 5.82 Å². The number of hydrogen-bond acceptors (Lipinski definition) is 7. The Bertz CT molecular complexity index is 1190. The monoisotopic (exact) mass is 362 g/mol. The second-order valence-electron chi connectivity index (χ2n) is 5.93. The van der Waals surface area contributed by atoms with E-state index in [2.05, 4.69) is 36.0 Å². The van der Waals surface area contributed by atoms with Gasteiger partial charge in [0.05, 0.1) is 11.4 Å². The standard InChI is InChI=1S/C17H11FN8O/c18-10-6-4-9(5-7-10)13-12-14(16(27)22-21-13)20-17-23-24-25-26(17)15(12)11-3-1-2-8-19-11/h1-8,15H,(H,22,27)(H,20,23,25). The lowest BCUT2D eigenvalue weighted by Gasteiger charge is -2.27. The molecule has 2 N–H and O–H groups in total. The van der Waals surface area contributed by atoms with Gasteiger partial charge in [0.15, 0.2) is 0 Å². The number of halogens is 1. The average molecular weight is 362 g/mol. The molecule has 1 aliphatic heterocycles. The van der Waals surface area contributed by atoms with Gasteiger partial charge in [-0.15, -0.1) is 0 Å². The molecule has 0 saturated heterocycles. The van der Waals surface area contributed by atoms with Crippen molar-refractivity contribution >= 4 is 11.6 Å². The van der Waals surface area contributed by atoms with E-state index >= 15 is 0 Å². The molecule has 0 bridgehead atoms. The summed E-state index contributed by atoms with van der Waals surface area (Å²) in [4.78, 5) is 16.9. The fourth-order valence-electron chi connectivity index (χ4n) is 3.18. The van der Waals surface area contributed by atoms with Crippen LogP contribution in [0.1, 0.15) is 17.3 Å². The number of rotatable bonds is 2. The molecule has 0 amide bonds. The van der Waals surface area contributed by atoms with Crippen LogP contribution in [0.25, 0.3) is 11.3 Å². The van der Waals surface area contributed by atoms with E-state index in [9.17, 15) is 9.18 Å². The third-order valence-electron chi connectivity index (χ3n) is 4.35. The summed E-state index contributed by atoms with van der Waals surface area (Å²) in [6.07, 6.45) is 1.65. The Hall–Kier alpha value is -3.95. The lowest BCUT2D eigenvalue weighted by Crippen LogP contribution is -2.29. The summed E-state index contributed by atoms with van der Waals surface area (Å²) in [5.41, 5.74) is 2.19. The number of hydrogen-bond donors (Lipinski definition) is 2. The van der Waals surface area contributed by atoms with E-state index in [1.54, 1.807) is 29.1 Å². The molecule has 0 spiro atoms. The van der Waals surface area contributed by atoms with Crippen LogP contribution >= 0.6 is 0 Å². The zero-order valence-corrected chi connectivity index (χ0v) is 13.7. The van der Waals surface area contributed by atoms with Gasteiger partial charge in [0.1, 0.15) is 17.5 Å². The quantitative estimate of drug-likeness (QED) is 0.491. The molecule has 4 aromatic rings. The third kappa shape index (κ3) is 2.38. The number of tetrazole rings is 1. The van der Waals surface area contributed by atoms with Crippen molar-refractivity contribution in [1.29, 1.82) is 0 Å². The van der Waals surface area contributed by atoms with Gasteiger partial charge in [0.2, 0.25) is 5.95 Å². The topological polar surface area (TPSA) is 114 Å². The van der Waals surface area contributed by atoms with Gasteiger partial charge in [-0.3, -0.25) is 9.78 Å². The smallest absolute Gasteiger partial charge is 0.288 e. The lowest BCUT2D eigenvalue weighted by atomic mass is 9.95. The first kappa shape index (κ1) is 15.3.